The Morgan fingerprint density at radius 2 is 1.66 bits per heavy atom. The van der Waals surface area contributed by atoms with E-state index in [4.69, 9.17) is 0 Å². The first-order valence-corrected chi connectivity index (χ1v) is 11.6. The van der Waals surface area contributed by atoms with Crippen molar-refractivity contribution in [1.29, 1.82) is 0 Å². The fourth-order valence-electron chi connectivity index (χ4n) is 3.81. The zero-order valence-corrected chi connectivity index (χ0v) is 20.8. The number of carbonyl (C=O) groups is 3. The number of hydrogen-bond donors (Lipinski definition) is 2. The maximum Gasteiger partial charge on any atom is 0.273 e. The zero-order valence-electron chi connectivity index (χ0n) is 20.8. The van der Waals surface area contributed by atoms with Gasteiger partial charge in [0.05, 0.1) is 16.3 Å². The molecule has 3 aromatic rings. The first kappa shape index (κ1) is 25.9. The number of nitrogens with one attached hydrogen (secondary N) is 2. The van der Waals surface area contributed by atoms with E-state index < -0.39 is 28.6 Å². The van der Waals surface area contributed by atoms with Gasteiger partial charge in [0.2, 0.25) is 0 Å². The number of amides is 3. The maximum atomic E-state index is 13.4. The molecule has 4 rings (SSSR count). The smallest absolute Gasteiger partial charge is 0.273 e. The fraction of sp³-hybridized carbons (Fsp3) is 0.148. The van der Waals surface area contributed by atoms with Crippen LogP contribution in [0.2, 0.25) is 0 Å². The topological polar surface area (TPSA) is 146 Å². The summed E-state index contributed by atoms with van der Waals surface area (Å²) >= 11 is 0. The Balaban J connectivity index is 1.65. The molecule has 0 unspecified atom stereocenters. The maximum absolute atomic E-state index is 13.4. The van der Waals surface area contributed by atoms with E-state index in [9.17, 15) is 24.5 Å². The fourth-order valence-corrected chi connectivity index (χ4v) is 3.81. The number of nitro benzene ring substituents is 1. The van der Waals surface area contributed by atoms with Gasteiger partial charge in [0.1, 0.15) is 11.6 Å². The number of rotatable bonds is 7. The van der Waals surface area contributed by atoms with Gasteiger partial charge in [-0.2, -0.15) is 15.2 Å². The third-order valence-corrected chi connectivity index (χ3v) is 6.02. The van der Waals surface area contributed by atoms with E-state index in [0.717, 1.165) is 11.1 Å². The summed E-state index contributed by atoms with van der Waals surface area (Å²) in [5.74, 6) is -3.07. The number of nitrogens with zero attached hydrogens (tertiary/aromatic N) is 4. The van der Waals surface area contributed by atoms with E-state index in [2.05, 4.69) is 20.9 Å². The third-order valence-electron chi connectivity index (χ3n) is 6.02. The van der Waals surface area contributed by atoms with Crippen LogP contribution in [0.1, 0.15) is 28.4 Å². The van der Waals surface area contributed by atoms with Crippen molar-refractivity contribution in [3.05, 3.63) is 99.6 Å². The van der Waals surface area contributed by atoms with Crippen LogP contribution in [-0.4, -0.2) is 34.1 Å². The minimum atomic E-state index is -1.15. The Hall–Kier alpha value is -5.19. The van der Waals surface area contributed by atoms with Gasteiger partial charge in [-0.15, -0.1) is 0 Å². The molecule has 0 fully saturated rings. The molecule has 1 atom stereocenters. The number of non-ortho nitro benzene ring substituents is 1. The van der Waals surface area contributed by atoms with Crippen molar-refractivity contribution in [2.24, 2.45) is 16.1 Å². The quantitative estimate of drug-likeness (QED) is 0.279. The van der Waals surface area contributed by atoms with Gasteiger partial charge in [0, 0.05) is 23.4 Å². The molecule has 0 aromatic heterocycles. The highest BCUT2D eigenvalue weighted by molar-refractivity contribution is 6.52. The molecule has 0 aliphatic carbocycles. The largest absolute Gasteiger partial charge is 0.321 e. The second-order valence-corrected chi connectivity index (χ2v) is 8.66. The van der Waals surface area contributed by atoms with Gasteiger partial charge in [-0.3, -0.25) is 24.5 Å². The predicted molar refractivity (Wildman–Crippen MR) is 143 cm³/mol. The molecule has 11 nitrogen and oxygen atoms in total. The lowest BCUT2D eigenvalue weighted by Gasteiger charge is -2.16. The Morgan fingerprint density at radius 1 is 0.974 bits per heavy atom. The minimum Gasteiger partial charge on any atom is -0.321 e. The molecule has 3 amide bonds. The Labute approximate surface area is 218 Å². The Bertz CT molecular complexity index is 1480. The summed E-state index contributed by atoms with van der Waals surface area (Å²) in [6.45, 7) is 5.44. The van der Waals surface area contributed by atoms with Crippen molar-refractivity contribution in [2.75, 3.05) is 10.3 Å². The number of anilines is 2. The molecule has 0 radical (unpaired) electrons. The van der Waals surface area contributed by atoms with Gasteiger partial charge in [-0.25, -0.2) is 5.43 Å². The van der Waals surface area contributed by atoms with Gasteiger partial charge >= 0.3 is 0 Å². The average Bonchev–Trinajstić information content (AvgIpc) is 3.20. The number of aryl methyl sites for hydroxylation is 2. The van der Waals surface area contributed by atoms with Crippen molar-refractivity contribution in [3.8, 4) is 0 Å². The summed E-state index contributed by atoms with van der Waals surface area (Å²) in [6, 6.07) is 19.0. The van der Waals surface area contributed by atoms with Crippen LogP contribution in [0, 0.1) is 29.9 Å². The summed E-state index contributed by atoms with van der Waals surface area (Å²) in [6.07, 6.45) is 0. The number of benzene rings is 3. The lowest BCUT2D eigenvalue weighted by molar-refractivity contribution is -0.384. The first-order chi connectivity index (χ1) is 18.2. The van der Waals surface area contributed by atoms with Crippen molar-refractivity contribution in [1.82, 2.24) is 5.43 Å². The summed E-state index contributed by atoms with van der Waals surface area (Å²) in [4.78, 5) is 49.8. The molecule has 192 valence electrons. The number of nitro groups is 1. The zero-order chi connectivity index (χ0) is 27.4. The molecule has 1 aliphatic heterocycles. The molecule has 0 bridgehead atoms. The molecule has 1 heterocycles. The molecule has 0 spiro atoms. The lowest BCUT2D eigenvalue weighted by atomic mass is 9.97. The van der Waals surface area contributed by atoms with E-state index in [1.54, 1.807) is 49.4 Å². The van der Waals surface area contributed by atoms with E-state index in [-0.39, 0.29) is 17.0 Å². The summed E-state index contributed by atoms with van der Waals surface area (Å²) < 4.78 is 0. The standard InChI is InChI=1S/C27H24N6O5/c1-16-9-12-20(15-17(16)2)28-26(35)24(29-30-25(34)19-10-13-22(14-11-19)33(37)38)23-18(3)31-32(27(23)36)21-7-5-4-6-8-21/h4-15,23H,1-3H3,(H,28,35)(H,30,34)/b29-24+/t23-/m0/s1. The second kappa shape index (κ2) is 10.8. The molecular formula is C27H24N6O5. The molecular weight excluding hydrogens is 488 g/mol. The molecule has 1 aliphatic rings. The van der Waals surface area contributed by atoms with Crippen LogP contribution in [0.4, 0.5) is 17.1 Å². The molecule has 3 aromatic carbocycles. The van der Waals surface area contributed by atoms with Crippen LogP contribution in [0.15, 0.2) is 83.0 Å². The predicted octanol–water partition coefficient (Wildman–Crippen LogP) is 3.98. The highest BCUT2D eigenvalue weighted by atomic mass is 16.6. The normalized spacial score (nSPS) is 15.2. The Morgan fingerprint density at radius 3 is 2.29 bits per heavy atom. The van der Waals surface area contributed by atoms with Gasteiger partial charge in [-0.05, 0) is 68.3 Å². The van der Waals surface area contributed by atoms with Crippen LogP contribution in [0.3, 0.4) is 0 Å². The van der Waals surface area contributed by atoms with Crippen molar-refractivity contribution in [2.45, 2.75) is 20.8 Å². The van der Waals surface area contributed by atoms with Crippen LogP contribution >= 0.6 is 0 Å². The molecule has 11 heteroatoms. The molecule has 38 heavy (non-hydrogen) atoms. The van der Waals surface area contributed by atoms with Crippen molar-refractivity contribution < 1.29 is 19.3 Å². The SMILES string of the molecule is CC1=NN(c2ccccc2)C(=O)[C@@H]1/C(=N\NC(=O)c1ccc([N+](=O)[O-])cc1)C(=O)Nc1ccc(C)c(C)c1. The van der Waals surface area contributed by atoms with Gasteiger partial charge in [-0.1, -0.05) is 24.3 Å². The summed E-state index contributed by atoms with van der Waals surface area (Å²) in [5.41, 5.74) is 5.27. The van der Waals surface area contributed by atoms with Crippen LogP contribution in [-0.2, 0) is 9.59 Å². The summed E-state index contributed by atoms with van der Waals surface area (Å²) in [5, 5.41) is 23.2. The van der Waals surface area contributed by atoms with E-state index in [0.29, 0.717) is 17.1 Å². The highest BCUT2D eigenvalue weighted by Gasteiger charge is 2.41. The molecule has 2 N–H and O–H groups in total. The van der Waals surface area contributed by atoms with Gasteiger partial charge in [0.25, 0.3) is 23.4 Å². The average molecular weight is 513 g/mol. The highest BCUT2D eigenvalue weighted by Crippen LogP contribution is 2.25. The number of hydrazone groups is 2. The monoisotopic (exact) mass is 512 g/mol. The number of hydrogen-bond acceptors (Lipinski definition) is 7. The van der Waals surface area contributed by atoms with Crippen LogP contribution < -0.4 is 15.8 Å². The summed E-state index contributed by atoms with van der Waals surface area (Å²) in [7, 11) is 0. The first-order valence-electron chi connectivity index (χ1n) is 11.6. The van der Waals surface area contributed by atoms with E-state index in [1.165, 1.54) is 29.3 Å². The molecule has 0 saturated heterocycles. The van der Waals surface area contributed by atoms with Gasteiger partial charge < -0.3 is 5.32 Å². The van der Waals surface area contributed by atoms with Crippen LogP contribution in [0.25, 0.3) is 0 Å². The van der Waals surface area contributed by atoms with Crippen molar-refractivity contribution >= 4 is 46.2 Å². The number of para-hydroxylation sites is 1. The van der Waals surface area contributed by atoms with E-state index >= 15 is 0 Å². The van der Waals surface area contributed by atoms with E-state index in [1.807, 2.05) is 19.9 Å². The minimum absolute atomic E-state index is 0.0855. The van der Waals surface area contributed by atoms with Crippen molar-refractivity contribution in [3.63, 3.8) is 0 Å². The Kier molecular flexibility index (Phi) is 7.38. The third kappa shape index (κ3) is 5.46. The van der Waals surface area contributed by atoms with Crippen LogP contribution in [0.5, 0.6) is 0 Å². The number of carbonyl (C=O) groups excluding carboxylic acids is 3. The molecule has 0 saturated carbocycles. The van der Waals surface area contributed by atoms with Gasteiger partial charge in [0.15, 0.2) is 0 Å². The lowest BCUT2D eigenvalue weighted by Crippen LogP contribution is -2.40. The second-order valence-electron chi connectivity index (χ2n) is 8.66.